The third-order valence-corrected chi connectivity index (χ3v) is 4.69. The molecule has 0 aliphatic heterocycles. The fourth-order valence-corrected chi connectivity index (χ4v) is 3.32. The smallest absolute Gasteiger partial charge is 0.354 e. The van der Waals surface area contributed by atoms with E-state index >= 15 is 0 Å². The van der Waals surface area contributed by atoms with Crippen molar-refractivity contribution in [2.45, 2.75) is 6.18 Å². The molecule has 0 saturated heterocycles. The summed E-state index contributed by atoms with van der Waals surface area (Å²) in [6, 6.07) is 11.6. The first-order valence-electron chi connectivity index (χ1n) is 7.82. The maximum atomic E-state index is 12.8. The van der Waals surface area contributed by atoms with Crippen molar-refractivity contribution in [2.24, 2.45) is 0 Å². The normalized spacial score (nSPS) is 11.7. The van der Waals surface area contributed by atoms with Crippen LogP contribution in [0.2, 0.25) is 0 Å². The molecule has 8 heteroatoms. The van der Waals surface area contributed by atoms with Crippen LogP contribution in [0.5, 0.6) is 0 Å². The van der Waals surface area contributed by atoms with Gasteiger partial charge in [0.2, 0.25) is 0 Å². The number of halogens is 3. The van der Waals surface area contributed by atoms with Gasteiger partial charge >= 0.3 is 6.18 Å². The van der Waals surface area contributed by atoms with Gasteiger partial charge in [-0.3, -0.25) is 4.79 Å². The quantitative estimate of drug-likeness (QED) is 0.481. The van der Waals surface area contributed by atoms with Crippen molar-refractivity contribution in [3.63, 3.8) is 0 Å². The summed E-state index contributed by atoms with van der Waals surface area (Å²) in [5, 5.41) is 10.8. The monoisotopic (exact) mass is 388 g/mol. The lowest BCUT2D eigenvalue weighted by Gasteiger charge is -2.08. The van der Waals surface area contributed by atoms with Crippen LogP contribution in [0.1, 0.15) is 15.9 Å². The molecule has 4 aromatic rings. The minimum atomic E-state index is -4.52. The highest BCUT2D eigenvalue weighted by atomic mass is 32.1. The highest BCUT2D eigenvalue weighted by molar-refractivity contribution is 7.08. The Kier molecular flexibility index (Phi) is 4.19. The van der Waals surface area contributed by atoms with E-state index in [0.29, 0.717) is 11.0 Å². The van der Waals surface area contributed by atoms with Gasteiger partial charge < -0.3 is 9.84 Å². The highest BCUT2D eigenvalue weighted by Gasteiger charge is 2.31. The van der Waals surface area contributed by atoms with Crippen molar-refractivity contribution in [2.75, 3.05) is 5.32 Å². The van der Waals surface area contributed by atoms with Crippen LogP contribution in [0.25, 0.3) is 22.1 Å². The number of carbonyl (C=O) groups excluding carboxylic acids is 1. The van der Waals surface area contributed by atoms with Crippen LogP contribution in [0.15, 0.2) is 63.8 Å². The molecule has 27 heavy (non-hydrogen) atoms. The van der Waals surface area contributed by atoms with Gasteiger partial charge in [0.05, 0.1) is 10.9 Å². The van der Waals surface area contributed by atoms with Crippen molar-refractivity contribution in [3.05, 3.63) is 70.4 Å². The Labute approximate surface area is 155 Å². The van der Waals surface area contributed by atoms with Crippen LogP contribution in [0, 0.1) is 0 Å². The molecule has 2 aromatic heterocycles. The Morgan fingerprint density at radius 2 is 1.93 bits per heavy atom. The Morgan fingerprint density at radius 1 is 1.07 bits per heavy atom. The molecule has 0 saturated carbocycles. The second-order valence-corrected chi connectivity index (χ2v) is 6.57. The number of anilines is 1. The first kappa shape index (κ1) is 17.3. The van der Waals surface area contributed by atoms with Gasteiger partial charge in [0.1, 0.15) is 0 Å². The van der Waals surface area contributed by atoms with Crippen molar-refractivity contribution >= 4 is 34.0 Å². The molecule has 2 heterocycles. The van der Waals surface area contributed by atoms with E-state index in [-0.39, 0.29) is 11.4 Å². The van der Waals surface area contributed by atoms with Gasteiger partial charge in [0, 0.05) is 5.56 Å². The maximum absolute atomic E-state index is 12.8. The van der Waals surface area contributed by atoms with Crippen molar-refractivity contribution in [1.29, 1.82) is 0 Å². The molecule has 2 aromatic carbocycles. The van der Waals surface area contributed by atoms with E-state index in [2.05, 4.69) is 10.5 Å². The number of nitrogens with zero attached hydrogens (tertiary/aromatic N) is 1. The predicted octanol–water partition coefficient (Wildman–Crippen LogP) is 5.83. The second-order valence-electron chi connectivity index (χ2n) is 5.79. The van der Waals surface area contributed by atoms with Crippen molar-refractivity contribution in [1.82, 2.24) is 5.16 Å². The molecule has 0 bridgehead atoms. The fraction of sp³-hybridized carbons (Fsp3) is 0.0526. The summed E-state index contributed by atoms with van der Waals surface area (Å²) in [5.41, 5.74) is 1.39. The summed E-state index contributed by atoms with van der Waals surface area (Å²) in [6.07, 6.45) is -4.52. The number of carbonyl (C=O) groups is 1. The average molecular weight is 388 g/mol. The predicted molar refractivity (Wildman–Crippen MR) is 96.7 cm³/mol. The molecule has 136 valence electrons. The van der Waals surface area contributed by atoms with Gasteiger partial charge in [-0.2, -0.15) is 24.5 Å². The number of thiophene rings is 1. The zero-order chi connectivity index (χ0) is 19.0. The molecule has 0 radical (unpaired) electrons. The summed E-state index contributed by atoms with van der Waals surface area (Å²) < 4.78 is 43.7. The lowest BCUT2D eigenvalue weighted by atomic mass is 10.1. The molecule has 1 amide bonds. The number of rotatable bonds is 3. The summed E-state index contributed by atoms with van der Waals surface area (Å²) in [6.45, 7) is 0. The van der Waals surface area contributed by atoms with Crippen LogP contribution < -0.4 is 5.32 Å². The second kappa shape index (κ2) is 6.55. The maximum Gasteiger partial charge on any atom is 0.416 e. The Balaban J connectivity index is 1.65. The standard InChI is InChI=1S/C19H11F3N2O2S/c20-19(21,22)14-3-1-2-12(8-14)18(25)23-17-15-9-11(13-6-7-27-10-13)4-5-16(15)26-24-17/h1-10H,(H,23,24,25). The summed E-state index contributed by atoms with van der Waals surface area (Å²) in [7, 11) is 0. The number of hydrogen-bond acceptors (Lipinski definition) is 4. The largest absolute Gasteiger partial charge is 0.416 e. The summed E-state index contributed by atoms with van der Waals surface area (Å²) >= 11 is 1.56. The van der Waals surface area contributed by atoms with E-state index in [4.69, 9.17) is 4.52 Å². The average Bonchev–Trinajstić information content (AvgIpc) is 3.31. The minimum absolute atomic E-state index is 0.116. The molecule has 0 aliphatic rings. The zero-order valence-electron chi connectivity index (χ0n) is 13.6. The van der Waals surface area contributed by atoms with Crippen LogP contribution in [-0.4, -0.2) is 11.1 Å². The van der Waals surface area contributed by atoms with Gasteiger partial charge in [-0.25, -0.2) is 0 Å². The minimum Gasteiger partial charge on any atom is -0.354 e. The zero-order valence-corrected chi connectivity index (χ0v) is 14.4. The number of aromatic nitrogens is 1. The third-order valence-electron chi connectivity index (χ3n) is 4.01. The number of alkyl halides is 3. The van der Waals surface area contributed by atoms with Crippen molar-refractivity contribution in [3.8, 4) is 11.1 Å². The summed E-state index contributed by atoms with van der Waals surface area (Å²) in [4.78, 5) is 12.4. The van der Waals surface area contributed by atoms with Crippen LogP contribution >= 0.6 is 11.3 Å². The molecule has 0 aliphatic carbocycles. The Hall–Kier alpha value is -3.13. The number of fused-ring (bicyclic) bond motifs is 1. The van der Waals surface area contributed by atoms with Gasteiger partial charge in [-0.1, -0.05) is 17.3 Å². The van der Waals surface area contributed by atoms with Gasteiger partial charge in [0.15, 0.2) is 11.4 Å². The summed E-state index contributed by atoms with van der Waals surface area (Å²) in [5.74, 6) is -0.540. The molecular formula is C19H11F3N2O2S. The van der Waals surface area contributed by atoms with E-state index in [1.54, 1.807) is 17.4 Å². The highest BCUT2D eigenvalue weighted by Crippen LogP contribution is 2.31. The lowest BCUT2D eigenvalue weighted by molar-refractivity contribution is -0.137. The van der Waals surface area contributed by atoms with E-state index in [9.17, 15) is 18.0 Å². The van der Waals surface area contributed by atoms with E-state index in [1.807, 2.05) is 29.0 Å². The van der Waals surface area contributed by atoms with Crippen LogP contribution in [0.4, 0.5) is 19.0 Å². The molecule has 0 atom stereocenters. The van der Waals surface area contributed by atoms with Crippen molar-refractivity contribution < 1.29 is 22.5 Å². The number of benzene rings is 2. The Bertz CT molecular complexity index is 1120. The van der Waals surface area contributed by atoms with Crippen LogP contribution in [0.3, 0.4) is 0 Å². The molecule has 4 rings (SSSR count). The SMILES string of the molecule is O=C(Nc1noc2ccc(-c3ccsc3)cc12)c1cccc(C(F)(F)F)c1. The molecular weight excluding hydrogens is 377 g/mol. The van der Waals surface area contributed by atoms with E-state index < -0.39 is 17.6 Å². The van der Waals surface area contributed by atoms with Crippen LogP contribution in [-0.2, 0) is 6.18 Å². The first-order chi connectivity index (χ1) is 12.9. The molecule has 4 nitrogen and oxygen atoms in total. The third kappa shape index (κ3) is 3.43. The first-order valence-corrected chi connectivity index (χ1v) is 8.77. The number of amides is 1. The Morgan fingerprint density at radius 3 is 2.67 bits per heavy atom. The fourth-order valence-electron chi connectivity index (χ4n) is 2.65. The topological polar surface area (TPSA) is 55.1 Å². The van der Waals surface area contributed by atoms with E-state index in [0.717, 1.165) is 23.3 Å². The molecule has 1 N–H and O–H groups in total. The number of hydrogen-bond donors (Lipinski definition) is 1. The molecule has 0 spiro atoms. The lowest BCUT2D eigenvalue weighted by Crippen LogP contribution is -2.14. The van der Waals surface area contributed by atoms with Gasteiger partial charge in [0.25, 0.3) is 5.91 Å². The van der Waals surface area contributed by atoms with E-state index in [1.165, 1.54) is 12.1 Å². The molecule has 0 fully saturated rings. The van der Waals surface area contributed by atoms with Gasteiger partial charge in [-0.15, -0.1) is 0 Å². The number of nitrogens with one attached hydrogen (secondary N) is 1. The van der Waals surface area contributed by atoms with Gasteiger partial charge in [-0.05, 0) is 58.3 Å². The molecule has 0 unspecified atom stereocenters.